The van der Waals surface area contributed by atoms with Gasteiger partial charge in [-0.15, -0.1) is 0 Å². The Morgan fingerprint density at radius 2 is 1.81 bits per heavy atom. The van der Waals surface area contributed by atoms with E-state index in [1.165, 1.54) is 0 Å². The zero-order chi connectivity index (χ0) is 19.1. The molecule has 0 saturated heterocycles. The van der Waals surface area contributed by atoms with Gasteiger partial charge in [-0.05, 0) is 37.3 Å². The summed E-state index contributed by atoms with van der Waals surface area (Å²) in [5.41, 5.74) is 0.387. The van der Waals surface area contributed by atoms with E-state index in [-0.39, 0.29) is 23.2 Å². The highest BCUT2D eigenvalue weighted by atomic mass is 19.4. The Hall–Kier alpha value is -2.00. The molecule has 4 N–H and O–H groups in total. The van der Waals surface area contributed by atoms with Crippen LogP contribution >= 0.6 is 0 Å². The van der Waals surface area contributed by atoms with Gasteiger partial charge in [0.15, 0.2) is 11.5 Å². The van der Waals surface area contributed by atoms with E-state index in [1.54, 1.807) is 0 Å². The Kier molecular flexibility index (Phi) is 5.03. The number of phenols is 2. The topological polar surface area (TPSA) is 99.0 Å². The second-order valence-electron chi connectivity index (χ2n) is 6.77. The fourth-order valence-corrected chi connectivity index (χ4v) is 3.70. The first kappa shape index (κ1) is 18.8. The number of phenolic OH excluding ortho intramolecular Hbond substituents is 2. The van der Waals surface area contributed by atoms with Gasteiger partial charge in [-0.1, -0.05) is 12.8 Å². The largest absolute Gasteiger partial charge is 0.504 e. The van der Waals surface area contributed by atoms with Crippen molar-refractivity contribution in [3.63, 3.8) is 0 Å². The van der Waals surface area contributed by atoms with Crippen LogP contribution in [-0.2, 0) is 11.2 Å². The third kappa shape index (κ3) is 3.59. The molecule has 0 bridgehead atoms. The Morgan fingerprint density at radius 3 is 2.42 bits per heavy atom. The fraction of sp³-hybridized carbons (Fsp3) is 0.588. The third-order valence-corrected chi connectivity index (χ3v) is 5.02. The average molecular weight is 375 g/mol. The van der Waals surface area contributed by atoms with Crippen molar-refractivity contribution in [2.45, 2.75) is 62.9 Å². The highest BCUT2D eigenvalue weighted by Crippen LogP contribution is 2.46. The maximum absolute atomic E-state index is 12.4. The highest BCUT2D eigenvalue weighted by Gasteiger charge is 2.42. The fourth-order valence-electron chi connectivity index (χ4n) is 3.70. The summed E-state index contributed by atoms with van der Waals surface area (Å²) >= 11 is 0. The number of alkyl halides is 3. The summed E-state index contributed by atoms with van der Waals surface area (Å²) in [5.74, 6) is -4.97. The molecule has 0 radical (unpaired) electrons. The predicted molar refractivity (Wildman–Crippen MR) is 83.9 cm³/mol. The molecule has 1 saturated carbocycles. The van der Waals surface area contributed by atoms with E-state index >= 15 is 0 Å². The van der Waals surface area contributed by atoms with Crippen molar-refractivity contribution in [3.8, 4) is 17.2 Å². The highest BCUT2D eigenvalue weighted by molar-refractivity contribution is 5.79. The summed E-state index contributed by atoms with van der Waals surface area (Å²) in [6.45, 7) is 0. The van der Waals surface area contributed by atoms with Crippen LogP contribution < -0.4 is 10.1 Å². The minimum atomic E-state index is -5.25. The lowest BCUT2D eigenvalue weighted by Gasteiger charge is -2.33. The van der Waals surface area contributed by atoms with Gasteiger partial charge in [-0.3, -0.25) is 0 Å². The second-order valence-corrected chi connectivity index (χ2v) is 6.77. The molecule has 0 amide bonds. The molecule has 2 aliphatic rings. The van der Waals surface area contributed by atoms with Crippen LogP contribution in [0.1, 0.15) is 49.3 Å². The molecule has 1 aromatic carbocycles. The van der Waals surface area contributed by atoms with Crippen molar-refractivity contribution >= 4 is 5.97 Å². The Morgan fingerprint density at radius 1 is 1.15 bits per heavy atom. The first-order valence-corrected chi connectivity index (χ1v) is 8.49. The number of hydrogen-bond donors (Lipinski definition) is 4. The summed E-state index contributed by atoms with van der Waals surface area (Å²) in [6.07, 6.45) is -1.34. The van der Waals surface area contributed by atoms with E-state index in [2.05, 4.69) is 10.1 Å². The summed E-state index contributed by atoms with van der Waals surface area (Å²) in [4.78, 5) is 11.0. The molecule has 26 heavy (non-hydrogen) atoms. The first-order chi connectivity index (χ1) is 12.2. The molecule has 0 aliphatic heterocycles. The molecule has 0 unspecified atom stereocenters. The molecule has 0 heterocycles. The number of aliphatic hydroxyl groups excluding tert-OH is 1. The van der Waals surface area contributed by atoms with Gasteiger partial charge in [0.05, 0.1) is 6.10 Å². The van der Waals surface area contributed by atoms with Crippen molar-refractivity contribution in [2.24, 2.45) is 0 Å². The number of halogens is 3. The summed E-state index contributed by atoms with van der Waals surface area (Å²) in [7, 11) is 0. The number of aliphatic hydroxyl groups is 1. The van der Waals surface area contributed by atoms with Gasteiger partial charge in [0, 0.05) is 17.6 Å². The number of esters is 1. The number of nitrogens with one attached hydrogen (secondary N) is 1. The van der Waals surface area contributed by atoms with Crippen LogP contribution in [0, 0.1) is 0 Å². The Bertz CT molecular complexity index is 701. The van der Waals surface area contributed by atoms with E-state index < -0.39 is 35.5 Å². The Balaban J connectivity index is 1.86. The number of carbonyl (C=O) groups is 1. The number of rotatable bonds is 3. The van der Waals surface area contributed by atoms with Crippen LogP contribution in [-0.4, -0.2) is 39.5 Å². The van der Waals surface area contributed by atoms with E-state index in [1.807, 2.05) is 0 Å². The van der Waals surface area contributed by atoms with Crippen molar-refractivity contribution in [1.82, 2.24) is 5.32 Å². The minimum Gasteiger partial charge on any atom is -0.504 e. The monoisotopic (exact) mass is 375 g/mol. The second kappa shape index (κ2) is 6.96. The van der Waals surface area contributed by atoms with E-state index in [0.29, 0.717) is 12.8 Å². The van der Waals surface area contributed by atoms with E-state index in [0.717, 1.165) is 31.7 Å². The average Bonchev–Trinajstić information content (AvgIpc) is 3.07. The number of fused-ring (bicyclic) bond motifs is 1. The van der Waals surface area contributed by atoms with E-state index in [9.17, 15) is 33.3 Å². The van der Waals surface area contributed by atoms with Gasteiger partial charge in [-0.25, -0.2) is 4.79 Å². The lowest BCUT2D eigenvalue weighted by atomic mass is 9.84. The number of hydrogen-bond acceptors (Lipinski definition) is 6. The standard InChI is InChI=1S/C17H20F3NO5/c18-17(19,20)16(25)26-12-7-10-9(14(23)15(12)24)5-6-11(13(10)22)21-8-3-1-2-4-8/h7-8,11,13,21-24H,1-6H2/t11-,13-/m0/s1. The molecule has 0 spiro atoms. The molecule has 0 aromatic heterocycles. The molecule has 144 valence electrons. The van der Waals surface area contributed by atoms with Gasteiger partial charge < -0.3 is 25.4 Å². The lowest BCUT2D eigenvalue weighted by molar-refractivity contribution is -0.189. The van der Waals surface area contributed by atoms with Gasteiger partial charge >= 0.3 is 12.1 Å². The van der Waals surface area contributed by atoms with E-state index in [4.69, 9.17) is 0 Å². The number of aromatic hydroxyl groups is 2. The van der Waals surface area contributed by atoms with Crippen LogP contribution in [0.4, 0.5) is 13.2 Å². The molecular weight excluding hydrogens is 355 g/mol. The van der Waals surface area contributed by atoms with Crippen molar-refractivity contribution in [2.75, 3.05) is 0 Å². The zero-order valence-electron chi connectivity index (χ0n) is 13.8. The zero-order valence-corrected chi connectivity index (χ0v) is 13.8. The van der Waals surface area contributed by atoms with Gasteiger partial charge in [-0.2, -0.15) is 13.2 Å². The quantitative estimate of drug-likeness (QED) is 0.368. The maximum Gasteiger partial charge on any atom is 0.491 e. The van der Waals surface area contributed by atoms with Crippen LogP contribution in [0.5, 0.6) is 17.2 Å². The van der Waals surface area contributed by atoms with Gasteiger partial charge in [0.1, 0.15) is 0 Å². The van der Waals surface area contributed by atoms with Crippen LogP contribution in [0.15, 0.2) is 6.07 Å². The van der Waals surface area contributed by atoms with Crippen LogP contribution in [0.2, 0.25) is 0 Å². The number of benzene rings is 1. The first-order valence-electron chi connectivity index (χ1n) is 8.49. The van der Waals surface area contributed by atoms with Gasteiger partial charge in [0.2, 0.25) is 5.75 Å². The summed E-state index contributed by atoms with van der Waals surface area (Å²) < 4.78 is 41.4. The lowest BCUT2D eigenvalue weighted by Crippen LogP contribution is -2.43. The summed E-state index contributed by atoms with van der Waals surface area (Å²) in [5, 5.41) is 33.9. The Labute approximate surface area is 147 Å². The third-order valence-electron chi connectivity index (χ3n) is 5.02. The molecular formula is C17H20F3NO5. The number of ether oxygens (including phenoxy) is 1. The van der Waals surface area contributed by atoms with Crippen molar-refractivity contribution < 1.29 is 38.0 Å². The van der Waals surface area contributed by atoms with Crippen molar-refractivity contribution in [3.05, 3.63) is 17.2 Å². The van der Waals surface area contributed by atoms with Crippen molar-refractivity contribution in [1.29, 1.82) is 0 Å². The smallest absolute Gasteiger partial charge is 0.491 e. The minimum absolute atomic E-state index is 0.145. The molecule has 2 atom stereocenters. The molecule has 6 nitrogen and oxygen atoms in total. The predicted octanol–water partition coefficient (Wildman–Crippen LogP) is 2.45. The van der Waals surface area contributed by atoms with Crippen LogP contribution in [0.3, 0.4) is 0 Å². The normalized spacial score (nSPS) is 23.7. The molecule has 2 aliphatic carbocycles. The van der Waals surface area contributed by atoms with Gasteiger partial charge in [0.25, 0.3) is 0 Å². The molecule has 1 fully saturated rings. The number of carbonyl (C=O) groups excluding carboxylic acids is 1. The molecule has 1 aromatic rings. The summed E-state index contributed by atoms with van der Waals surface area (Å²) in [6, 6.07) is 0.923. The van der Waals surface area contributed by atoms with Crippen LogP contribution in [0.25, 0.3) is 0 Å². The SMILES string of the molecule is O=C(Oc1cc2c(c(O)c1O)CC[C@H](NC1CCCC1)[C@H]2O)C(F)(F)F. The maximum atomic E-state index is 12.4. The molecule has 3 rings (SSSR count). The molecule has 9 heteroatoms.